The number of fused-ring (bicyclic) bond motifs is 1. The van der Waals surface area contributed by atoms with Crippen LogP contribution in [0.25, 0.3) is 10.8 Å². The van der Waals surface area contributed by atoms with Crippen molar-refractivity contribution in [2.75, 3.05) is 0 Å². The zero-order valence-electron chi connectivity index (χ0n) is 16.4. The summed E-state index contributed by atoms with van der Waals surface area (Å²) in [5.41, 5.74) is 4.94. The average molecular weight is 538 g/mol. The van der Waals surface area contributed by atoms with Gasteiger partial charge in [-0.2, -0.15) is 5.10 Å². The van der Waals surface area contributed by atoms with E-state index in [1.54, 1.807) is 24.4 Å². The summed E-state index contributed by atoms with van der Waals surface area (Å²) < 4.78 is 7.84. The van der Waals surface area contributed by atoms with Crippen molar-refractivity contribution in [3.63, 3.8) is 0 Å². The fraction of sp³-hybridized carbons (Fsp3) is 0.0400. The number of nitrogens with zero attached hydrogens (tertiary/aromatic N) is 1. The lowest BCUT2D eigenvalue weighted by atomic mass is 10.1. The second-order valence-corrected chi connectivity index (χ2v) is 8.65. The number of nitrogens with one attached hydrogen (secondary N) is 1. The second-order valence-electron chi connectivity index (χ2n) is 6.82. The molecule has 0 saturated heterocycles. The van der Waals surface area contributed by atoms with Crippen molar-refractivity contribution in [3.8, 4) is 5.75 Å². The maximum atomic E-state index is 12.3. The highest BCUT2D eigenvalue weighted by Gasteiger charge is 2.07. The van der Waals surface area contributed by atoms with Crippen LogP contribution < -0.4 is 10.2 Å². The van der Waals surface area contributed by atoms with E-state index < -0.39 is 0 Å². The van der Waals surface area contributed by atoms with Crippen LogP contribution in [0.1, 0.15) is 21.5 Å². The Morgan fingerprint density at radius 2 is 1.68 bits per heavy atom. The average Bonchev–Trinajstić information content (AvgIpc) is 2.78. The molecule has 4 rings (SSSR count). The normalized spacial score (nSPS) is 11.0. The van der Waals surface area contributed by atoms with Gasteiger partial charge < -0.3 is 4.74 Å². The number of hydrogen-bond acceptors (Lipinski definition) is 3. The maximum absolute atomic E-state index is 12.3. The molecule has 4 nitrogen and oxygen atoms in total. The fourth-order valence-electron chi connectivity index (χ4n) is 3.18. The van der Waals surface area contributed by atoms with Crippen molar-refractivity contribution < 1.29 is 9.53 Å². The molecule has 0 heterocycles. The van der Waals surface area contributed by atoms with Gasteiger partial charge >= 0.3 is 0 Å². The Labute approximate surface area is 197 Å². The molecule has 6 heteroatoms. The zero-order valence-corrected chi connectivity index (χ0v) is 19.6. The van der Waals surface area contributed by atoms with Crippen LogP contribution in [0.3, 0.4) is 0 Å². The van der Waals surface area contributed by atoms with Gasteiger partial charge in [0.1, 0.15) is 12.4 Å². The van der Waals surface area contributed by atoms with Gasteiger partial charge in [-0.1, -0.05) is 80.4 Å². The summed E-state index contributed by atoms with van der Waals surface area (Å²) >= 11 is 6.84. The number of carbonyl (C=O) groups excluding carboxylic acids is 1. The first kappa shape index (κ1) is 21.3. The first-order valence-electron chi connectivity index (χ1n) is 9.58. The lowest BCUT2D eigenvalue weighted by molar-refractivity contribution is 0.0955. The number of ether oxygens (including phenoxy) is 1. The van der Waals surface area contributed by atoms with E-state index in [1.165, 1.54) is 10.8 Å². The molecular formula is C25H18Br2N2O2. The minimum absolute atomic E-state index is 0.286. The monoisotopic (exact) mass is 536 g/mol. The molecule has 0 aliphatic carbocycles. The summed E-state index contributed by atoms with van der Waals surface area (Å²) in [7, 11) is 0. The summed E-state index contributed by atoms with van der Waals surface area (Å²) in [6.07, 6.45) is 1.58. The summed E-state index contributed by atoms with van der Waals surface area (Å²) in [4.78, 5) is 12.3. The molecular weight excluding hydrogens is 520 g/mol. The fourth-order valence-corrected chi connectivity index (χ4v) is 3.96. The van der Waals surface area contributed by atoms with E-state index in [2.05, 4.69) is 66.7 Å². The zero-order chi connectivity index (χ0) is 21.6. The van der Waals surface area contributed by atoms with E-state index in [4.69, 9.17) is 4.74 Å². The molecule has 154 valence electrons. The van der Waals surface area contributed by atoms with Gasteiger partial charge in [-0.25, -0.2) is 5.43 Å². The number of hydrazone groups is 1. The van der Waals surface area contributed by atoms with Crippen molar-refractivity contribution >= 4 is 54.8 Å². The SMILES string of the molecule is O=C(N/N=C\c1cc(Br)ccc1OCc1cccc2ccccc12)c1cccc(Br)c1. The lowest BCUT2D eigenvalue weighted by Gasteiger charge is -2.11. The van der Waals surface area contributed by atoms with Crippen LogP contribution in [-0.4, -0.2) is 12.1 Å². The molecule has 0 bridgehead atoms. The molecule has 31 heavy (non-hydrogen) atoms. The Morgan fingerprint density at radius 3 is 2.55 bits per heavy atom. The van der Waals surface area contributed by atoms with E-state index in [9.17, 15) is 4.79 Å². The van der Waals surface area contributed by atoms with Crippen molar-refractivity contribution in [1.82, 2.24) is 5.43 Å². The highest BCUT2D eigenvalue weighted by atomic mass is 79.9. The first-order chi connectivity index (χ1) is 15.1. The third-order valence-electron chi connectivity index (χ3n) is 4.69. The maximum Gasteiger partial charge on any atom is 0.271 e. The van der Waals surface area contributed by atoms with Crippen LogP contribution in [0, 0.1) is 0 Å². The van der Waals surface area contributed by atoms with E-state index >= 15 is 0 Å². The molecule has 0 aromatic heterocycles. The van der Waals surface area contributed by atoms with Crippen LogP contribution in [0.5, 0.6) is 5.75 Å². The van der Waals surface area contributed by atoms with Gasteiger partial charge in [-0.05, 0) is 52.7 Å². The molecule has 1 N–H and O–H groups in total. The van der Waals surface area contributed by atoms with E-state index in [-0.39, 0.29) is 5.91 Å². The third kappa shape index (κ3) is 5.40. The highest BCUT2D eigenvalue weighted by molar-refractivity contribution is 9.10. The van der Waals surface area contributed by atoms with Gasteiger partial charge in [0, 0.05) is 20.1 Å². The number of carbonyl (C=O) groups is 1. The van der Waals surface area contributed by atoms with Gasteiger partial charge in [0.2, 0.25) is 0 Å². The predicted octanol–water partition coefficient (Wildman–Crippen LogP) is 6.71. The summed E-state index contributed by atoms with van der Waals surface area (Å²) in [5.74, 6) is 0.391. The molecule has 0 spiro atoms. The summed E-state index contributed by atoms with van der Waals surface area (Å²) in [5, 5.41) is 6.46. The van der Waals surface area contributed by atoms with Gasteiger partial charge in [0.15, 0.2) is 0 Å². The van der Waals surface area contributed by atoms with Gasteiger partial charge in [0.25, 0.3) is 5.91 Å². The standard InChI is InChI=1S/C25H18Br2N2O2/c26-21-9-4-7-18(13-21)25(30)29-28-15-20-14-22(27)11-12-24(20)31-16-19-8-3-6-17-5-1-2-10-23(17)19/h1-15H,16H2,(H,29,30)/b28-15-. The molecule has 0 radical (unpaired) electrons. The largest absolute Gasteiger partial charge is 0.488 e. The summed E-state index contributed by atoms with van der Waals surface area (Å²) in [6, 6.07) is 27.2. The van der Waals surface area contributed by atoms with Crippen LogP contribution in [0.4, 0.5) is 0 Å². The molecule has 0 fully saturated rings. The Balaban J connectivity index is 1.49. The Hall–Kier alpha value is -2.96. The van der Waals surface area contributed by atoms with Crippen LogP contribution in [0.2, 0.25) is 0 Å². The van der Waals surface area contributed by atoms with Gasteiger partial charge in [-0.15, -0.1) is 0 Å². The molecule has 4 aromatic rings. The van der Waals surface area contributed by atoms with Crippen molar-refractivity contribution in [1.29, 1.82) is 0 Å². The van der Waals surface area contributed by atoms with Gasteiger partial charge in [-0.3, -0.25) is 4.79 Å². The van der Waals surface area contributed by atoms with Crippen molar-refractivity contribution in [2.45, 2.75) is 6.61 Å². The second kappa shape index (κ2) is 9.90. The number of amides is 1. The quantitative estimate of drug-likeness (QED) is 0.219. The third-order valence-corrected chi connectivity index (χ3v) is 5.68. The van der Waals surface area contributed by atoms with Crippen LogP contribution in [0.15, 0.2) is 99.0 Å². The number of halogens is 2. The molecule has 4 aromatic carbocycles. The van der Waals surface area contributed by atoms with E-state index in [1.807, 2.05) is 42.5 Å². The minimum Gasteiger partial charge on any atom is -0.488 e. The minimum atomic E-state index is -0.286. The molecule has 0 aliphatic heterocycles. The molecule has 1 amide bonds. The van der Waals surface area contributed by atoms with E-state index in [0.717, 1.165) is 20.1 Å². The predicted molar refractivity (Wildman–Crippen MR) is 132 cm³/mol. The molecule has 0 aliphatic rings. The first-order valence-corrected chi connectivity index (χ1v) is 11.2. The lowest BCUT2D eigenvalue weighted by Crippen LogP contribution is -2.17. The number of rotatable bonds is 6. The molecule has 0 unspecified atom stereocenters. The molecule has 0 atom stereocenters. The van der Waals surface area contributed by atoms with Crippen LogP contribution >= 0.6 is 31.9 Å². The number of benzene rings is 4. The highest BCUT2D eigenvalue weighted by Crippen LogP contribution is 2.25. The Bertz CT molecular complexity index is 1270. The van der Waals surface area contributed by atoms with E-state index in [0.29, 0.717) is 17.9 Å². The van der Waals surface area contributed by atoms with Crippen LogP contribution in [-0.2, 0) is 6.61 Å². The Morgan fingerprint density at radius 1 is 0.903 bits per heavy atom. The smallest absolute Gasteiger partial charge is 0.271 e. The Kier molecular flexibility index (Phi) is 6.79. The van der Waals surface area contributed by atoms with Gasteiger partial charge in [0.05, 0.1) is 6.21 Å². The summed E-state index contributed by atoms with van der Waals surface area (Å²) in [6.45, 7) is 0.425. The number of hydrogen-bond donors (Lipinski definition) is 1. The topological polar surface area (TPSA) is 50.7 Å². The molecule has 0 saturated carbocycles. The van der Waals surface area contributed by atoms with Crippen molar-refractivity contribution in [3.05, 3.63) is 111 Å². The van der Waals surface area contributed by atoms with Crippen molar-refractivity contribution in [2.24, 2.45) is 5.10 Å².